The van der Waals surface area contributed by atoms with Gasteiger partial charge in [-0.05, 0) is 25.7 Å². The van der Waals surface area contributed by atoms with E-state index in [-0.39, 0.29) is 12.6 Å². The van der Waals surface area contributed by atoms with Crippen molar-refractivity contribution in [3.05, 3.63) is 0 Å². The van der Waals surface area contributed by atoms with Crippen LogP contribution in [0.3, 0.4) is 0 Å². The molecular formula is C9H20N2O3S. The number of hydrogen-bond donors (Lipinski definition) is 2. The SMILES string of the molecule is COC[C@@H](C)S(=O)(=O)N[C@@H](CN)C1CC1. The van der Waals surface area contributed by atoms with Crippen LogP contribution >= 0.6 is 0 Å². The van der Waals surface area contributed by atoms with Crippen molar-refractivity contribution in [2.24, 2.45) is 11.7 Å². The molecule has 0 heterocycles. The van der Waals surface area contributed by atoms with E-state index in [0.717, 1.165) is 12.8 Å². The first kappa shape index (κ1) is 12.9. The number of ether oxygens (including phenoxy) is 1. The van der Waals surface area contributed by atoms with Crippen LogP contribution in [0.5, 0.6) is 0 Å². The molecular weight excluding hydrogens is 216 g/mol. The molecule has 0 unspecified atom stereocenters. The summed E-state index contributed by atoms with van der Waals surface area (Å²) in [6.45, 7) is 2.20. The molecule has 2 atom stereocenters. The lowest BCUT2D eigenvalue weighted by atomic mass is 10.2. The normalized spacial score (nSPS) is 21.3. The molecule has 1 fully saturated rings. The summed E-state index contributed by atoms with van der Waals surface area (Å²) in [4.78, 5) is 0. The van der Waals surface area contributed by atoms with Gasteiger partial charge in [-0.25, -0.2) is 13.1 Å². The molecule has 1 aliphatic carbocycles. The fraction of sp³-hybridized carbons (Fsp3) is 1.00. The minimum Gasteiger partial charge on any atom is -0.383 e. The maximum atomic E-state index is 11.8. The Hall–Kier alpha value is -0.170. The van der Waals surface area contributed by atoms with Crippen molar-refractivity contribution in [1.29, 1.82) is 0 Å². The molecule has 5 nitrogen and oxygen atoms in total. The number of methoxy groups -OCH3 is 1. The van der Waals surface area contributed by atoms with Crippen molar-refractivity contribution < 1.29 is 13.2 Å². The van der Waals surface area contributed by atoms with E-state index in [4.69, 9.17) is 10.5 Å². The van der Waals surface area contributed by atoms with Gasteiger partial charge in [-0.2, -0.15) is 0 Å². The van der Waals surface area contributed by atoms with E-state index in [0.29, 0.717) is 12.5 Å². The number of rotatable bonds is 7. The molecule has 1 aliphatic rings. The van der Waals surface area contributed by atoms with Gasteiger partial charge in [0, 0.05) is 19.7 Å². The molecule has 0 aromatic rings. The van der Waals surface area contributed by atoms with Crippen molar-refractivity contribution in [2.45, 2.75) is 31.1 Å². The van der Waals surface area contributed by atoms with Gasteiger partial charge in [0.2, 0.25) is 10.0 Å². The molecule has 0 saturated heterocycles. The topological polar surface area (TPSA) is 81.4 Å². The molecule has 1 rings (SSSR count). The smallest absolute Gasteiger partial charge is 0.216 e. The summed E-state index contributed by atoms with van der Waals surface area (Å²) in [6, 6.07) is -0.102. The van der Waals surface area contributed by atoms with Gasteiger partial charge in [0.05, 0.1) is 11.9 Å². The standard InChI is InChI=1S/C9H20N2O3S/c1-7(6-14-2)15(12,13)11-9(5-10)8-3-4-8/h7-9,11H,3-6,10H2,1-2H3/t7-,9+/m1/s1. The third kappa shape index (κ3) is 3.71. The molecule has 0 aliphatic heterocycles. The fourth-order valence-electron chi connectivity index (χ4n) is 1.49. The molecule has 3 N–H and O–H groups in total. The summed E-state index contributed by atoms with van der Waals surface area (Å²) < 4.78 is 31.0. The van der Waals surface area contributed by atoms with Crippen molar-refractivity contribution in [3.8, 4) is 0 Å². The van der Waals surface area contributed by atoms with Gasteiger partial charge in [0.1, 0.15) is 0 Å². The predicted molar refractivity (Wildman–Crippen MR) is 59.0 cm³/mol. The molecule has 1 saturated carbocycles. The van der Waals surface area contributed by atoms with Gasteiger partial charge in [0.15, 0.2) is 0 Å². The maximum absolute atomic E-state index is 11.8. The van der Waals surface area contributed by atoms with E-state index in [1.165, 1.54) is 7.11 Å². The monoisotopic (exact) mass is 236 g/mol. The van der Waals surface area contributed by atoms with Crippen LogP contribution < -0.4 is 10.5 Å². The van der Waals surface area contributed by atoms with E-state index in [9.17, 15) is 8.42 Å². The fourth-order valence-corrected chi connectivity index (χ4v) is 2.75. The molecule has 0 radical (unpaired) electrons. The highest BCUT2D eigenvalue weighted by Gasteiger charge is 2.34. The second kappa shape index (κ2) is 5.25. The van der Waals surface area contributed by atoms with Gasteiger partial charge in [-0.15, -0.1) is 0 Å². The molecule has 6 heteroatoms. The first-order chi connectivity index (χ1) is 7.01. The van der Waals surface area contributed by atoms with Crippen LogP contribution in [0.15, 0.2) is 0 Å². The van der Waals surface area contributed by atoms with Crippen molar-refractivity contribution in [3.63, 3.8) is 0 Å². The number of sulfonamides is 1. The zero-order chi connectivity index (χ0) is 11.5. The van der Waals surface area contributed by atoms with Crippen LogP contribution in [0.1, 0.15) is 19.8 Å². The van der Waals surface area contributed by atoms with E-state index < -0.39 is 15.3 Å². The molecule has 0 spiro atoms. The van der Waals surface area contributed by atoms with Gasteiger partial charge in [-0.1, -0.05) is 0 Å². The third-order valence-corrected chi connectivity index (χ3v) is 4.52. The van der Waals surface area contributed by atoms with E-state index in [1.807, 2.05) is 0 Å². The first-order valence-corrected chi connectivity index (χ1v) is 6.76. The Labute approximate surface area is 91.4 Å². The largest absolute Gasteiger partial charge is 0.383 e. The zero-order valence-corrected chi connectivity index (χ0v) is 10.1. The lowest BCUT2D eigenvalue weighted by molar-refractivity contribution is 0.200. The first-order valence-electron chi connectivity index (χ1n) is 5.21. The van der Waals surface area contributed by atoms with Gasteiger partial charge in [0.25, 0.3) is 0 Å². The van der Waals surface area contributed by atoms with E-state index in [1.54, 1.807) is 6.92 Å². The van der Waals surface area contributed by atoms with Gasteiger partial charge in [-0.3, -0.25) is 0 Å². The maximum Gasteiger partial charge on any atom is 0.216 e. The van der Waals surface area contributed by atoms with Crippen LogP contribution in [-0.2, 0) is 14.8 Å². The summed E-state index contributed by atoms with van der Waals surface area (Å²) in [5, 5.41) is -0.532. The Bertz CT molecular complexity index is 288. The molecule has 0 amide bonds. The minimum atomic E-state index is -3.29. The lowest BCUT2D eigenvalue weighted by Gasteiger charge is -2.19. The number of nitrogens with two attached hydrogens (primary N) is 1. The van der Waals surface area contributed by atoms with Gasteiger partial charge < -0.3 is 10.5 Å². The molecule has 0 aromatic heterocycles. The van der Waals surface area contributed by atoms with E-state index in [2.05, 4.69) is 4.72 Å². The Kier molecular flexibility index (Phi) is 4.51. The van der Waals surface area contributed by atoms with Gasteiger partial charge >= 0.3 is 0 Å². The molecule has 0 bridgehead atoms. The van der Waals surface area contributed by atoms with Crippen LogP contribution in [0.4, 0.5) is 0 Å². The Morgan fingerprint density at radius 1 is 1.53 bits per heavy atom. The van der Waals surface area contributed by atoms with Crippen molar-refractivity contribution in [1.82, 2.24) is 4.72 Å². The average molecular weight is 236 g/mol. The summed E-state index contributed by atoms with van der Waals surface area (Å²) in [6.07, 6.45) is 2.14. The second-order valence-corrected chi connectivity index (χ2v) is 6.24. The van der Waals surface area contributed by atoms with Crippen molar-refractivity contribution in [2.75, 3.05) is 20.3 Å². The predicted octanol–water partition coefficient (Wildman–Crippen LogP) is -0.322. The highest BCUT2D eigenvalue weighted by Crippen LogP contribution is 2.32. The average Bonchev–Trinajstić information content (AvgIpc) is 2.98. The quantitative estimate of drug-likeness (QED) is 0.634. The Balaban J connectivity index is 2.53. The van der Waals surface area contributed by atoms with Crippen LogP contribution in [0.2, 0.25) is 0 Å². The van der Waals surface area contributed by atoms with Crippen molar-refractivity contribution >= 4 is 10.0 Å². The summed E-state index contributed by atoms with van der Waals surface area (Å²) in [5.74, 6) is 0.430. The highest BCUT2D eigenvalue weighted by molar-refractivity contribution is 7.90. The Morgan fingerprint density at radius 3 is 2.53 bits per heavy atom. The molecule has 15 heavy (non-hydrogen) atoms. The number of nitrogens with one attached hydrogen (secondary N) is 1. The number of hydrogen-bond acceptors (Lipinski definition) is 4. The summed E-state index contributed by atoms with van der Waals surface area (Å²) in [5.41, 5.74) is 5.54. The van der Waals surface area contributed by atoms with Crippen LogP contribution in [0.25, 0.3) is 0 Å². The zero-order valence-electron chi connectivity index (χ0n) is 9.27. The lowest BCUT2D eigenvalue weighted by Crippen LogP contribution is -2.46. The summed E-state index contributed by atoms with van der Waals surface area (Å²) >= 11 is 0. The third-order valence-electron chi connectivity index (χ3n) is 2.69. The van der Waals surface area contributed by atoms with Crippen LogP contribution in [-0.4, -0.2) is 40.0 Å². The Morgan fingerprint density at radius 2 is 2.13 bits per heavy atom. The van der Waals surface area contributed by atoms with E-state index >= 15 is 0 Å². The molecule has 90 valence electrons. The second-order valence-electron chi connectivity index (χ2n) is 4.11. The highest BCUT2D eigenvalue weighted by atomic mass is 32.2. The minimum absolute atomic E-state index is 0.102. The molecule has 0 aromatic carbocycles. The van der Waals surface area contributed by atoms with Crippen LogP contribution in [0, 0.1) is 5.92 Å². The summed E-state index contributed by atoms with van der Waals surface area (Å²) in [7, 11) is -1.80.